The van der Waals surface area contributed by atoms with E-state index >= 15 is 0 Å². The molecule has 0 unspecified atom stereocenters. The maximum atomic E-state index is 10.7. The molecule has 0 aliphatic carbocycles. The molecule has 0 fully saturated rings. The fourth-order valence-corrected chi connectivity index (χ4v) is 1.77. The summed E-state index contributed by atoms with van der Waals surface area (Å²) in [5, 5.41) is 14.5. The molecule has 0 saturated carbocycles. The van der Waals surface area contributed by atoms with Crippen molar-refractivity contribution in [3.8, 4) is 0 Å². The Morgan fingerprint density at radius 1 is 1.21 bits per heavy atom. The van der Waals surface area contributed by atoms with Crippen LogP contribution in [0, 0.1) is 10.1 Å². The number of hydrogen-bond acceptors (Lipinski definition) is 4. The van der Waals surface area contributed by atoms with Crippen LogP contribution >= 0.6 is 11.6 Å². The number of nitro groups is 1. The Labute approximate surface area is 115 Å². The molecule has 0 saturated heterocycles. The van der Waals surface area contributed by atoms with Gasteiger partial charge < -0.3 is 11.1 Å². The Balaban J connectivity index is 2.11. The van der Waals surface area contributed by atoms with Gasteiger partial charge in [0.15, 0.2) is 0 Å². The fourth-order valence-electron chi connectivity index (χ4n) is 1.65. The van der Waals surface area contributed by atoms with Gasteiger partial charge >= 0.3 is 0 Å². The molecule has 0 atom stereocenters. The molecule has 0 radical (unpaired) electrons. The first kappa shape index (κ1) is 13.2. The van der Waals surface area contributed by atoms with Crippen molar-refractivity contribution in [2.24, 2.45) is 0 Å². The Hall–Kier alpha value is -2.27. The molecule has 2 aromatic carbocycles. The van der Waals surface area contributed by atoms with Crippen molar-refractivity contribution in [3.05, 3.63) is 63.2 Å². The Morgan fingerprint density at radius 2 is 1.89 bits per heavy atom. The van der Waals surface area contributed by atoms with Crippen LogP contribution in [0.15, 0.2) is 42.5 Å². The van der Waals surface area contributed by atoms with Gasteiger partial charge in [-0.1, -0.05) is 23.7 Å². The third kappa shape index (κ3) is 3.59. The van der Waals surface area contributed by atoms with E-state index in [4.69, 9.17) is 17.3 Å². The SMILES string of the molecule is Nc1cc(NCc2ccc(Cl)cc2)cc([N+](=O)[O-])c1. The molecule has 0 heterocycles. The van der Waals surface area contributed by atoms with E-state index in [-0.39, 0.29) is 5.69 Å². The monoisotopic (exact) mass is 277 g/mol. The van der Waals surface area contributed by atoms with Crippen LogP contribution in [0.5, 0.6) is 0 Å². The summed E-state index contributed by atoms with van der Waals surface area (Å²) in [5.74, 6) is 0. The zero-order valence-corrected chi connectivity index (χ0v) is 10.7. The number of hydrogen-bond donors (Lipinski definition) is 2. The van der Waals surface area contributed by atoms with Crippen LogP contribution in [0.3, 0.4) is 0 Å². The van der Waals surface area contributed by atoms with Crippen LogP contribution in [0.4, 0.5) is 17.1 Å². The predicted molar refractivity (Wildman–Crippen MR) is 76.3 cm³/mol. The van der Waals surface area contributed by atoms with Gasteiger partial charge in [0.05, 0.1) is 4.92 Å². The second kappa shape index (κ2) is 5.58. The fraction of sp³-hybridized carbons (Fsp3) is 0.0769. The number of non-ortho nitro benzene ring substituents is 1. The number of benzene rings is 2. The van der Waals surface area contributed by atoms with E-state index in [2.05, 4.69) is 5.32 Å². The highest BCUT2D eigenvalue weighted by atomic mass is 35.5. The lowest BCUT2D eigenvalue weighted by Gasteiger charge is -2.07. The van der Waals surface area contributed by atoms with E-state index in [1.54, 1.807) is 18.2 Å². The molecule has 2 rings (SSSR count). The van der Waals surface area contributed by atoms with Crippen LogP contribution in [0.25, 0.3) is 0 Å². The molecule has 0 amide bonds. The van der Waals surface area contributed by atoms with Crippen LogP contribution in [0.2, 0.25) is 5.02 Å². The lowest BCUT2D eigenvalue weighted by atomic mass is 10.2. The largest absolute Gasteiger partial charge is 0.398 e. The molecule has 3 N–H and O–H groups in total. The van der Waals surface area contributed by atoms with Gasteiger partial charge in [0.2, 0.25) is 0 Å². The second-order valence-electron chi connectivity index (χ2n) is 4.05. The van der Waals surface area contributed by atoms with Crippen molar-refractivity contribution < 1.29 is 4.92 Å². The van der Waals surface area contributed by atoms with Gasteiger partial charge in [-0.25, -0.2) is 0 Å². The lowest BCUT2D eigenvalue weighted by Crippen LogP contribution is -2.01. The zero-order valence-electron chi connectivity index (χ0n) is 9.97. The average Bonchev–Trinajstić information content (AvgIpc) is 2.37. The number of nitrogens with zero attached hydrogens (tertiary/aromatic N) is 1. The molecule has 0 aliphatic heterocycles. The Kier molecular flexibility index (Phi) is 3.87. The molecule has 0 aliphatic rings. The number of anilines is 2. The number of rotatable bonds is 4. The number of nitrogens with one attached hydrogen (secondary N) is 1. The topological polar surface area (TPSA) is 81.2 Å². The summed E-state index contributed by atoms with van der Waals surface area (Å²) in [6.07, 6.45) is 0. The third-order valence-corrected chi connectivity index (χ3v) is 2.81. The predicted octanol–water partition coefficient (Wildman–Crippen LogP) is 3.44. The smallest absolute Gasteiger partial charge is 0.273 e. The summed E-state index contributed by atoms with van der Waals surface area (Å²) in [5.41, 5.74) is 7.58. The highest BCUT2D eigenvalue weighted by molar-refractivity contribution is 6.30. The van der Waals surface area contributed by atoms with Gasteiger partial charge in [-0.15, -0.1) is 0 Å². The molecule has 19 heavy (non-hydrogen) atoms. The summed E-state index contributed by atoms with van der Waals surface area (Å²) in [6, 6.07) is 11.8. The van der Waals surface area contributed by atoms with Crippen molar-refractivity contribution in [3.63, 3.8) is 0 Å². The van der Waals surface area contributed by atoms with Gasteiger partial charge in [0, 0.05) is 35.1 Å². The standard InChI is InChI=1S/C13H12ClN3O2/c14-10-3-1-9(2-4-10)8-16-12-5-11(15)6-13(7-12)17(18)19/h1-7,16H,8,15H2. The molecular formula is C13H12ClN3O2. The van der Waals surface area contributed by atoms with Gasteiger partial charge in [0.1, 0.15) is 0 Å². The van der Waals surface area contributed by atoms with Crippen molar-refractivity contribution in [2.45, 2.75) is 6.54 Å². The Morgan fingerprint density at radius 3 is 2.53 bits per heavy atom. The first-order valence-electron chi connectivity index (χ1n) is 5.58. The van der Waals surface area contributed by atoms with E-state index < -0.39 is 4.92 Å². The number of nitrogen functional groups attached to an aromatic ring is 1. The van der Waals surface area contributed by atoms with E-state index in [9.17, 15) is 10.1 Å². The van der Waals surface area contributed by atoms with Gasteiger partial charge in [-0.2, -0.15) is 0 Å². The minimum Gasteiger partial charge on any atom is -0.398 e. The lowest BCUT2D eigenvalue weighted by molar-refractivity contribution is -0.384. The maximum Gasteiger partial charge on any atom is 0.273 e. The van der Waals surface area contributed by atoms with Gasteiger partial charge in [0.25, 0.3) is 5.69 Å². The highest BCUT2D eigenvalue weighted by Gasteiger charge is 2.08. The first-order chi connectivity index (χ1) is 9.04. The number of halogens is 1. The van der Waals surface area contributed by atoms with Crippen LogP contribution in [-0.2, 0) is 6.54 Å². The molecule has 5 nitrogen and oxygen atoms in total. The molecular weight excluding hydrogens is 266 g/mol. The van der Waals surface area contributed by atoms with Crippen molar-refractivity contribution in [2.75, 3.05) is 11.1 Å². The first-order valence-corrected chi connectivity index (χ1v) is 5.95. The highest BCUT2D eigenvalue weighted by Crippen LogP contribution is 2.22. The molecule has 0 bridgehead atoms. The van der Waals surface area contributed by atoms with E-state index in [1.807, 2.05) is 12.1 Å². The van der Waals surface area contributed by atoms with Gasteiger partial charge in [-0.3, -0.25) is 10.1 Å². The van der Waals surface area contributed by atoms with Gasteiger partial charge in [-0.05, 0) is 23.8 Å². The minimum absolute atomic E-state index is 0.0291. The van der Waals surface area contributed by atoms with Crippen molar-refractivity contribution >= 4 is 28.7 Å². The zero-order chi connectivity index (χ0) is 13.8. The van der Waals surface area contributed by atoms with Crippen molar-refractivity contribution in [1.82, 2.24) is 0 Å². The summed E-state index contributed by atoms with van der Waals surface area (Å²) in [7, 11) is 0. The number of nitro benzene ring substituents is 1. The van der Waals surface area contributed by atoms with Crippen LogP contribution in [0.1, 0.15) is 5.56 Å². The quantitative estimate of drug-likeness (QED) is 0.509. The van der Waals surface area contributed by atoms with E-state index in [0.29, 0.717) is 22.9 Å². The molecule has 6 heteroatoms. The molecule has 2 aromatic rings. The summed E-state index contributed by atoms with van der Waals surface area (Å²) in [4.78, 5) is 10.3. The van der Waals surface area contributed by atoms with E-state index in [1.165, 1.54) is 12.1 Å². The van der Waals surface area contributed by atoms with Crippen LogP contribution in [-0.4, -0.2) is 4.92 Å². The molecule has 0 spiro atoms. The summed E-state index contributed by atoms with van der Waals surface area (Å²) >= 11 is 5.79. The van der Waals surface area contributed by atoms with E-state index in [0.717, 1.165) is 5.56 Å². The maximum absolute atomic E-state index is 10.7. The second-order valence-corrected chi connectivity index (χ2v) is 4.49. The molecule has 0 aromatic heterocycles. The normalized spacial score (nSPS) is 10.2. The average molecular weight is 278 g/mol. The molecule has 98 valence electrons. The van der Waals surface area contributed by atoms with Crippen molar-refractivity contribution in [1.29, 1.82) is 0 Å². The summed E-state index contributed by atoms with van der Waals surface area (Å²) < 4.78 is 0. The Bertz CT molecular complexity index is 599. The summed E-state index contributed by atoms with van der Waals surface area (Å²) in [6.45, 7) is 0.539. The number of nitrogens with two attached hydrogens (primary N) is 1. The third-order valence-electron chi connectivity index (χ3n) is 2.56. The van der Waals surface area contributed by atoms with Crippen LogP contribution < -0.4 is 11.1 Å². The minimum atomic E-state index is -0.468.